The summed E-state index contributed by atoms with van der Waals surface area (Å²) in [6.45, 7) is 12.4. The van der Waals surface area contributed by atoms with Gasteiger partial charge in [0.05, 0.1) is 23.3 Å². The first kappa shape index (κ1) is 40.6. The van der Waals surface area contributed by atoms with Crippen molar-refractivity contribution in [1.29, 1.82) is 0 Å². The van der Waals surface area contributed by atoms with Gasteiger partial charge in [-0.05, 0) is 35.5 Å². The van der Waals surface area contributed by atoms with E-state index in [0.717, 1.165) is 5.75 Å². The molecule has 2 aromatic carbocycles. The Labute approximate surface area is 293 Å². The minimum atomic E-state index is -1.67. The number of hydrogen-bond donors (Lipinski definition) is 0. The molecule has 2 rings (SSSR count). The molecule has 0 aliphatic heterocycles. The Morgan fingerprint density at radius 3 is 1.44 bits per heavy atom. The monoisotopic (exact) mass is 763 g/mol. The van der Waals surface area contributed by atoms with Gasteiger partial charge in [0.25, 0.3) is 0 Å². The highest BCUT2D eigenvalue weighted by Gasteiger charge is 2.36. The SMILES string of the molecule is CCCCCCCC[Si](CCCCCCCC)(CCCCCCCC)CC[Si](C)(C)c1cc([I+]c2ccccc2)ccc1OC. The topological polar surface area (TPSA) is 9.23 Å². The number of halogens is 1. The van der Waals surface area contributed by atoms with Crippen molar-refractivity contribution in [1.82, 2.24) is 0 Å². The summed E-state index contributed by atoms with van der Waals surface area (Å²) in [6, 6.07) is 26.2. The predicted octanol–water partition coefficient (Wildman–Crippen LogP) is 10.3. The summed E-state index contributed by atoms with van der Waals surface area (Å²) in [5, 5.41) is 1.58. The highest BCUT2D eigenvalue weighted by atomic mass is 127. The Hall–Kier alpha value is -0.596. The van der Waals surface area contributed by atoms with Gasteiger partial charge in [0.2, 0.25) is 0 Å². The number of methoxy groups -OCH3 is 1. The van der Waals surface area contributed by atoms with Crippen molar-refractivity contribution >= 4 is 21.3 Å². The van der Waals surface area contributed by atoms with E-state index in [9.17, 15) is 0 Å². The molecule has 1 nitrogen and oxygen atoms in total. The summed E-state index contributed by atoms with van der Waals surface area (Å²) in [4.78, 5) is 0. The molecule has 4 heteroatoms. The Kier molecular flexibility index (Phi) is 22.1. The zero-order valence-corrected chi connectivity index (χ0v) is 34.8. The second kappa shape index (κ2) is 24.5. The lowest BCUT2D eigenvalue weighted by Crippen LogP contribution is -3.61. The van der Waals surface area contributed by atoms with Crippen molar-refractivity contribution in [2.45, 2.75) is 180 Å². The largest absolute Gasteiger partial charge is 0.497 e. The molecule has 0 saturated carbocycles. The molecule has 0 fully saturated rings. The predicted molar refractivity (Wildman–Crippen MR) is 204 cm³/mol. The van der Waals surface area contributed by atoms with Crippen molar-refractivity contribution in [3.05, 3.63) is 55.7 Å². The molecule has 256 valence electrons. The third-order valence-electron chi connectivity index (χ3n) is 10.3. The summed E-state index contributed by atoms with van der Waals surface area (Å²) in [7, 11) is -1.12. The van der Waals surface area contributed by atoms with E-state index in [2.05, 4.69) is 82.4 Å². The molecule has 45 heavy (non-hydrogen) atoms. The van der Waals surface area contributed by atoms with E-state index in [1.807, 2.05) is 7.11 Å². The quantitative estimate of drug-likeness (QED) is 0.0477. The number of benzene rings is 2. The summed E-state index contributed by atoms with van der Waals surface area (Å²) in [5.74, 6) is 1.16. The molecule has 0 heterocycles. The average Bonchev–Trinajstić information content (AvgIpc) is 3.05. The lowest BCUT2D eigenvalue weighted by molar-refractivity contribution is -0.597. The Morgan fingerprint density at radius 1 is 0.511 bits per heavy atom. The van der Waals surface area contributed by atoms with Gasteiger partial charge in [-0.1, -0.05) is 198 Å². The first-order valence-electron chi connectivity index (χ1n) is 19.3. The third-order valence-corrected chi connectivity index (χ3v) is 22.3. The Morgan fingerprint density at radius 2 is 0.978 bits per heavy atom. The van der Waals surface area contributed by atoms with Crippen LogP contribution in [0.15, 0.2) is 48.5 Å². The summed E-state index contributed by atoms with van der Waals surface area (Å²) in [5.41, 5.74) is 0. The molecular weight excluding hydrogens is 692 g/mol. The van der Waals surface area contributed by atoms with Gasteiger partial charge in [0.15, 0.2) is 7.14 Å². The molecule has 0 N–H and O–H groups in total. The van der Waals surface area contributed by atoms with E-state index in [0.29, 0.717) is 0 Å². The van der Waals surface area contributed by atoms with E-state index >= 15 is 0 Å². The van der Waals surface area contributed by atoms with E-state index in [1.165, 1.54) is 125 Å². The fourth-order valence-corrected chi connectivity index (χ4v) is 20.6. The summed E-state index contributed by atoms with van der Waals surface area (Å²) >= 11 is -0.158. The molecule has 0 amide bonds. The molecule has 0 spiro atoms. The second-order valence-electron chi connectivity index (χ2n) is 14.7. The maximum Gasteiger partial charge on any atom is 0.357 e. The zero-order valence-electron chi connectivity index (χ0n) is 30.7. The lowest BCUT2D eigenvalue weighted by atomic mass is 10.1. The first-order valence-corrected chi connectivity index (χ1v) is 27.5. The van der Waals surface area contributed by atoms with E-state index in [4.69, 9.17) is 4.74 Å². The first-order chi connectivity index (χ1) is 21.9. The van der Waals surface area contributed by atoms with Crippen LogP contribution in [0.25, 0.3) is 0 Å². The van der Waals surface area contributed by atoms with E-state index in [-0.39, 0.29) is 21.2 Å². The highest BCUT2D eigenvalue weighted by Crippen LogP contribution is 2.37. The van der Waals surface area contributed by atoms with Crippen molar-refractivity contribution in [2.24, 2.45) is 0 Å². The molecule has 0 aliphatic rings. The molecule has 0 saturated heterocycles. The van der Waals surface area contributed by atoms with Gasteiger partial charge in [-0.15, -0.1) is 0 Å². The molecule has 0 atom stereocenters. The van der Waals surface area contributed by atoms with Crippen LogP contribution in [0.3, 0.4) is 0 Å². The molecule has 0 unspecified atom stereocenters. The van der Waals surface area contributed by atoms with Gasteiger partial charge in [-0.25, -0.2) is 0 Å². The van der Waals surface area contributed by atoms with Crippen LogP contribution in [-0.4, -0.2) is 23.3 Å². The van der Waals surface area contributed by atoms with E-state index in [1.54, 1.807) is 32.9 Å². The molecule has 0 aromatic heterocycles. The van der Waals surface area contributed by atoms with Gasteiger partial charge in [0, 0.05) is 0 Å². The molecule has 0 radical (unpaired) electrons. The Balaban J connectivity index is 2.23. The van der Waals surface area contributed by atoms with Crippen LogP contribution in [0.4, 0.5) is 0 Å². The van der Waals surface area contributed by atoms with Gasteiger partial charge in [-0.2, -0.15) is 0 Å². The standard InChI is InChI=1S/C41H72IOSi2/c1-7-10-13-16-19-25-32-45(33-26-20-17-14-11-8-2,34-27-21-18-15-12-9-3)36-35-44(5,6)41-37-39(30-31-40(41)43-4)42-38-28-23-22-24-29-38/h22-24,28-31,37H,7-21,25-27,32-36H2,1-6H3/q+1. The van der Waals surface area contributed by atoms with Crippen molar-refractivity contribution in [3.8, 4) is 5.75 Å². The van der Waals surface area contributed by atoms with Crippen LogP contribution in [0.1, 0.15) is 136 Å². The van der Waals surface area contributed by atoms with Crippen LogP contribution >= 0.6 is 0 Å². The molecule has 0 aliphatic carbocycles. The fraction of sp³-hybridized carbons (Fsp3) is 0.707. The van der Waals surface area contributed by atoms with Crippen LogP contribution < -0.4 is 31.1 Å². The van der Waals surface area contributed by atoms with Crippen molar-refractivity contribution in [2.75, 3.05) is 7.11 Å². The van der Waals surface area contributed by atoms with Gasteiger partial charge < -0.3 is 4.74 Å². The van der Waals surface area contributed by atoms with Crippen molar-refractivity contribution in [3.63, 3.8) is 0 Å². The maximum atomic E-state index is 6.06. The molecule has 2 aromatic rings. The Bertz CT molecular complexity index is 951. The van der Waals surface area contributed by atoms with Crippen LogP contribution in [0, 0.1) is 7.14 Å². The molecular formula is C41H72IOSi2+. The van der Waals surface area contributed by atoms with Gasteiger partial charge in [-0.3, -0.25) is 0 Å². The zero-order chi connectivity index (χ0) is 32.6. The smallest absolute Gasteiger partial charge is 0.357 e. The minimum Gasteiger partial charge on any atom is -0.497 e. The fourth-order valence-electron chi connectivity index (χ4n) is 7.17. The van der Waals surface area contributed by atoms with Gasteiger partial charge in [0.1, 0.15) is 5.75 Å². The summed E-state index contributed by atoms with van der Waals surface area (Å²) < 4.78 is 9.12. The van der Waals surface area contributed by atoms with Crippen LogP contribution in [-0.2, 0) is 0 Å². The van der Waals surface area contributed by atoms with Crippen LogP contribution in [0.5, 0.6) is 5.75 Å². The lowest BCUT2D eigenvalue weighted by Gasteiger charge is -2.36. The summed E-state index contributed by atoms with van der Waals surface area (Å²) in [6.07, 6.45) is 26.0. The maximum absolute atomic E-state index is 6.06. The highest BCUT2D eigenvalue weighted by molar-refractivity contribution is 6.92. The number of rotatable bonds is 28. The minimum absolute atomic E-state index is 0.158. The molecule has 0 bridgehead atoms. The number of ether oxygens (including phenoxy) is 1. The van der Waals surface area contributed by atoms with Crippen molar-refractivity contribution < 1.29 is 25.9 Å². The van der Waals surface area contributed by atoms with Crippen LogP contribution in [0.2, 0.25) is 43.3 Å². The normalized spacial score (nSPS) is 12.1. The van der Waals surface area contributed by atoms with Gasteiger partial charge >= 0.3 is 21.2 Å². The average molecular weight is 764 g/mol. The third kappa shape index (κ3) is 16.9. The second-order valence-corrected chi connectivity index (χ2v) is 27.5. The van der Waals surface area contributed by atoms with E-state index < -0.39 is 16.1 Å². The number of unbranched alkanes of at least 4 members (excludes halogenated alkanes) is 15. The number of hydrogen-bond acceptors (Lipinski definition) is 1.